The van der Waals surface area contributed by atoms with Gasteiger partial charge in [0, 0.05) is 45.1 Å². The number of carbonyl (C=O) groups is 3. The molecule has 0 saturated carbocycles. The molecule has 35 heavy (non-hydrogen) atoms. The molecule has 1 aliphatic rings. The summed E-state index contributed by atoms with van der Waals surface area (Å²) in [6, 6.07) is 12.9. The van der Waals surface area contributed by atoms with E-state index in [-0.39, 0.29) is 41.7 Å². The zero-order chi connectivity index (χ0) is 25.6. The molecular weight excluding hydrogens is 468 g/mol. The van der Waals surface area contributed by atoms with Crippen LogP contribution < -0.4 is 16.0 Å². The Labute approximate surface area is 206 Å². The van der Waals surface area contributed by atoms with Crippen molar-refractivity contribution in [2.75, 3.05) is 18.4 Å². The smallest absolute Gasteiger partial charge is 0.243 e. The Morgan fingerprint density at radius 3 is 2.17 bits per heavy atom. The van der Waals surface area contributed by atoms with Gasteiger partial charge in [0.2, 0.25) is 27.7 Å². The number of aryl methyl sites for hydroxylation is 1. The van der Waals surface area contributed by atoms with Gasteiger partial charge in [-0.1, -0.05) is 24.3 Å². The predicted octanol–water partition coefficient (Wildman–Crippen LogP) is 1.97. The van der Waals surface area contributed by atoms with Crippen molar-refractivity contribution in [3.63, 3.8) is 0 Å². The van der Waals surface area contributed by atoms with Gasteiger partial charge in [-0.15, -0.1) is 0 Å². The molecule has 1 fully saturated rings. The first-order chi connectivity index (χ1) is 16.6. The van der Waals surface area contributed by atoms with E-state index in [4.69, 9.17) is 0 Å². The van der Waals surface area contributed by atoms with Crippen molar-refractivity contribution < 1.29 is 22.8 Å². The summed E-state index contributed by atoms with van der Waals surface area (Å²) >= 11 is 0. The fourth-order valence-corrected chi connectivity index (χ4v) is 5.59. The second-order valence-electron chi connectivity index (χ2n) is 8.78. The minimum Gasteiger partial charge on any atom is -0.351 e. The fraction of sp³-hybridized carbons (Fsp3) is 0.400. The highest BCUT2D eigenvalue weighted by atomic mass is 32.2. The van der Waals surface area contributed by atoms with Crippen LogP contribution in [0.2, 0.25) is 0 Å². The zero-order valence-corrected chi connectivity index (χ0v) is 21.0. The molecule has 1 heterocycles. The van der Waals surface area contributed by atoms with Gasteiger partial charge >= 0.3 is 0 Å². The predicted molar refractivity (Wildman–Crippen MR) is 133 cm³/mol. The highest BCUT2D eigenvalue weighted by Gasteiger charge is 2.31. The number of hydrogen-bond acceptors (Lipinski definition) is 5. The van der Waals surface area contributed by atoms with Crippen molar-refractivity contribution in [3.8, 4) is 0 Å². The van der Waals surface area contributed by atoms with E-state index in [9.17, 15) is 22.8 Å². The van der Waals surface area contributed by atoms with Gasteiger partial charge in [-0.05, 0) is 55.2 Å². The van der Waals surface area contributed by atoms with Crippen LogP contribution in [0.4, 0.5) is 5.69 Å². The number of rotatable bonds is 8. The van der Waals surface area contributed by atoms with E-state index in [0.717, 1.165) is 11.1 Å². The fourth-order valence-electron chi connectivity index (χ4n) is 4.12. The SMILES string of the molecule is CC(=O)Nc1ccc(S(=O)(=O)N2CCC(NC(=O)C(Cc3ccccc3C)NC(C)=O)CC2)cc1. The maximum Gasteiger partial charge on any atom is 0.243 e. The Hall–Kier alpha value is -3.24. The molecule has 3 rings (SSSR count). The molecule has 188 valence electrons. The second-order valence-corrected chi connectivity index (χ2v) is 10.7. The number of amides is 3. The number of carbonyl (C=O) groups excluding carboxylic acids is 3. The van der Waals surface area contributed by atoms with E-state index >= 15 is 0 Å². The summed E-state index contributed by atoms with van der Waals surface area (Å²) in [5, 5.41) is 8.33. The Balaban J connectivity index is 1.59. The van der Waals surface area contributed by atoms with E-state index in [1.54, 1.807) is 12.1 Å². The molecule has 9 nitrogen and oxygen atoms in total. The third kappa shape index (κ3) is 7.12. The van der Waals surface area contributed by atoms with Crippen molar-refractivity contribution in [1.82, 2.24) is 14.9 Å². The molecule has 1 unspecified atom stereocenters. The molecule has 3 N–H and O–H groups in total. The average molecular weight is 501 g/mol. The van der Waals surface area contributed by atoms with Gasteiger partial charge in [-0.3, -0.25) is 14.4 Å². The molecule has 3 amide bonds. The highest BCUT2D eigenvalue weighted by Crippen LogP contribution is 2.22. The van der Waals surface area contributed by atoms with Gasteiger partial charge < -0.3 is 16.0 Å². The summed E-state index contributed by atoms with van der Waals surface area (Å²) in [4.78, 5) is 36.0. The second kappa shape index (κ2) is 11.5. The van der Waals surface area contributed by atoms with Crippen molar-refractivity contribution in [3.05, 3.63) is 59.7 Å². The molecular formula is C25H32N4O5S. The molecule has 2 aromatic rings. The number of benzene rings is 2. The average Bonchev–Trinajstić information content (AvgIpc) is 2.80. The van der Waals surface area contributed by atoms with Gasteiger partial charge in [-0.25, -0.2) is 8.42 Å². The molecule has 0 bridgehead atoms. The van der Waals surface area contributed by atoms with Crippen LogP contribution in [0.1, 0.15) is 37.8 Å². The monoisotopic (exact) mass is 500 g/mol. The molecule has 1 aliphatic heterocycles. The van der Waals surface area contributed by atoms with Crippen LogP contribution in [0.15, 0.2) is 53.4 Å². The Kier molecular flexibility index (Phi) is 8.63. The number of nitrogens with one attached hydrogen (secondary N) is 3. The molecule has 0 aliphatic carbocycles. The Morgan fingerprint density at radius 1 is 0.971 bits per heavy atom. The van der Waals surface area contributed by atoms with Crippen molar-refractivity contribution in [2.45, 2.75) is 57.0 Å². The third-order valence-electron chi connectivity index (χ3n) is 5.99. The summed E-state index contributed by atoms with van der Waals surface area (Å²) in [6.45, 7) is 5.26. The largest absolute Gasteiger partial charge is 0.351 e. The van der Waals surface area contributed by atoms with Gasteiger partial charge in [0.05, 0.1) is 4.90 Å². The van der Waals surface area contributed by atoms with E-state index in [1.807, 2.05) is 31.2 Å². The summed E-state index contributed by atoms with van der Waals surface area (Å²) in [7, 11) is -3.69. The maximum absolute atomic E-state index is 13.0. The van der Waals surface area contributed by atoms with Crippen LogP contribution in [0, 0.1) is 6.92 Å². The van der Waals surface area contributed by atoms with Crippen LogP contribution >= 0.6 is 0 Å². The third-order valence-corrected chi connectivity index (χ3v) is 7.90. The zero-order valence-electron chi connectivity index (χ0n) is 20.2. The Bertz CT molecular complexity index is 1170. The maximum atomic E-state index is 13.0. The number of anilines is 1. The van der Waals surface area contributed by atoms with E-state index in [1.165, 1.54) is 30.3 Å². The van der Waals surface area contributed by atoms with E-state index in [0.29, 0.717) is 24.9 Å². The lowest BCUT2D eigenvalue weighted by molar-refractivity contribution is -0.128. The van der Waals surface area contributed by atoms with Crippen LogP contribution in [0.3, 0.4) is 0 Å². The first kappa shape index (κ1) is 26.4. The van der Waals surface area contributed by atoms with Crippen LogP contribution in [-0.4, -0.2) is 55.6 Å². The van der Waals surface area contributed by atoms with Gasteiger partial charge in [0.1, 0.15) is 6.04 Å². The first-order valence-electron chi connectivity index (χ1n) is 11.6. The number of sulfonamides is 1. The molecule has 1 saturated heterocycles. The summed E-state index contributed by atoms with van der Waals surface area (Å²) < 4.78 is 27.4. The molecule has 1 atom stereocenters. The van der Waals surface area contributed by atoms with Crippen LogP contribution in [0.5, 0.6) is 0 Å². The van der Waals surface area contributed by atoms with Crippen molar-refractivity contribution in [2.24, 2.45) is 0 Å². The van der Waals surface area contributed by atoms with Gasteiger partial charge in [0.25, 0.3) is 0 Å². The molecule has 2 aromatic carbocycles. The Morgan fingerprint density at radius 2 is 1.60 bits per heavy atom. The normalized spacial score (nSPS) is 15.7. The van der Waals surface area contributed by atoms with E-state index in [2.05, 4.69) is 16.0 Å². The van der Waals surface area contributed by atoms with Gasteiger partial charge in [0.15, 0.2) is 0 Å². The minimum absolute atomic E-state index is 0.151. The quantitative estimate of drug-likeness (QED) is 0.511. The highest BCUT2D eigenvalue weighted by molar-refractivity contribution is 7.89. The van der Waals surface area contributed by atoms with Crippen LogP contribution in [0.25, 0.3) is 0 Å². The molecule has 0 aromatic heterocycles. The standard InChI is InChI=1S/C25H32N4O5S/c1-17-6-4-5-7-20(17)16-24(27-19(3)31)25(32)28-22-12-14-29(15-13-22)35(33,34)23-10-8-21(9-11-23)26-18(2)30/h4-11,22,24H,12-16H2,1-3H3,(H,26,30)(H,27,31)(H,28,32). The first-order valence-corrected chi connectivity index (χ1v) is 13.0. The number of hydrogen-bond donors (Lipinski definition) is 3. The van der Waals surface area contributed by atoms with Crippen molar-refractivity contribution in [1.29, 1.82) is 0 Å². The van der Waals surface area contributed by atoms with Gasteiger partial charge in [-0.2, -0.15) is 4.31 Å². The summed E-state index contributed by atoms with van der Waals surface area (Å²) in [6.07, 6.45) is 1.30. The minimum atomic E-state index is -3.69. The lowest BCUT2D eigenvalue weighted by atomic mass is 9.99. The van der Waals surface area contributed by atoms with Crippen LogP contribution in [-0.2, 0) is 30.8 Å². The molecule has 0 spiro atoms. The summed E-state index contributed by atoms with van der Waals surface area (Å²) in [5.41, 5.74) is 2.54. The number of piperidine rings is 1. The lowest BCUT2D eigenvalue weighted by Gasteiger charge is -2.32. The van der Waals surface area contributed by atoms with Crippen molar-refractivity contribution >= 4 is 33.4 Å². The lowest BCUT2D eigenvalue weighted by Crippen LogP contribution is -2.53. The topological polar surface area (TPSA) is 125 Å². The summed E-state index contributed by atoms with van der Waals surface area (Å²) in [5.74, 6) is -0.799. The number of nitrogens with zero attached hydrogens (tertiary/aromatic N) is 1. The van der Waals surface area contributed by atoms with E-state index < -0.39 is 16.1 Å². The molecule has 0 radical (unpaired) electrons. The molecule has 10 heteroatoms.